The summed E-state index contributed by atoms with van der Waals surface area (Å²) in [5.74, 6) is -0.294. The highest BCUT2D eigenvalue weighted by Crippen LogP contribution is 2.30. The third-order valence-electron chi connectivity index (χ3n) is 3.52. The summed E-state index contributed by atoms with van der Waals surface area (Å²) < 4.78 is 13.5. The van der Waals surface area contributed by atoms with E-state index >= 15 is 0 Å². The monoisotopic (exact) mass is 300 g/mol. The molecule has 0 spiro atoms. The molecule has 0 saturated carbocycles. The second kappa shape index (κ2) is 5.80. The van der Waals surface area contributed by atoms with Crippen LogP contribution >= 0.6 is 11.6 Å². The summed E-state index contributed by atoms with van der Waals surface area (Å²) in [6.45, 7) is 0. The van der Waals surface area contributed by atoms with Crippen molar-refractivity contribution in [1.29, 1.82) is 0 Å². The summed E-state index contributed by atoms with van der Waals surface area (Å²) in [6, 6.07) is 14.1. The summed E-state index contributed by atoms with van der Waals surface area (Å²) in [5.41, 5.74) is 2.68. The van der Waals surface area contributed by atoms with E-state index in [0.717, 1.165) is 22.0 Å². The Bertz CT molecular complexity index is 789. The summed E-state index contributed by atoms with van der Waals surface area (Å²) in [5, 5.41) is 4.78. The molecule has 0 aliphatic rings. The smallest absolute Gasteiger partial charge is 0.123 e. The fourth-order valence-corrected chi connectivity index (χ4v) is 2.74. The van der Waals surface area contributed by atoms with E-state index in [2.05, 4.69) is 10.3 Å². The van der Waals surface area contributed by atoms with Crippen LogP contribution in [0.15, 0.2) is 54.7 Å². The van der Waals surface area contributed by atoms with E-state index in [1.807, 2.05) is 37.4 Å². The third kappa shape index (κ3) is 2.75. The molecule has 0 aliphatic carbocycles. The minimum absolute atomic E-state index is 0.169. The van der Waals surface area contributed by atoms with Crippen LogP contribution in [0, 0.1) is 5.82 Å². The standard InChI is InChI=1S/C17H14ClFN2/c1-20-17(14-10-13(19)5-6-15(14)18)12-4-7-16-11(9-12)3-2-8-21-16/h2-10,17,20H,1H3. The molecule has 21 heavy (non-hydrogen) atoms. The number of hydrogen-bond acceptors (Lipinski definition) is 2. The first-order valence-electron chi connectivity index (χ1n) is 6.66. The number of nitrogens with one attached hydrogen (secondary N) is 1. The molecule has 1 atom stereocenters. The van der Waals surface area contributed by atoms with Crippen molar-refractivity contribution in [3.8, 4) is 0 Å². The molecular weight excluding hydrogens is 287 g/mol. The molecule has 3 aromatic rings. The van der Waals surface area contributed by atoms with Crippen LogP contribution in [0.2, 0.25) is 5.02 Å². The number of rotatable bonds is 3. The first-order valence-corrected chi connectivity index (χ1v) is 7.04. The van der Waals surface area contributed by atoms with Gasteiger partial charge >= 0.3 is 0 Å². The average molecular weight is 301 g/mol. The molecule has 1 unspecified atom stereocenters. The van der Waals surface area contributed by atoms with Crippen molar-refractivity contribution >= 4 is 22.5 Å². The van der Waals surface area contributed by atoms with E-state index < -0.39 is 0 Å². The van der Waals surface area contributed by atoms with Crippen LogP contribution in [0.4, 0.5) is 4.39 Å². The molecule has 1 aromatic heterocycles. The summed E-state index contributed by atoms with van der Waals surface area (Å²) >= 11 is 6.22. The molecule has 2 nitrogen and oxygen atoms in total. The van der Waals surface area contributed by atoms with Crippen LogP contribution in [-0.2, 0) is 0 Å². The van der Waals surface area contributed by atoms with Gasteiger partial charge < -0.3 is 5.32 Å². The van der Waals surface area contributed by atoms with Crippen molar-refractivity contribution < 1.29 is 4.39 Å². The van der Waals surface area contributed by atoms with Gasteiger partial charge in [-0.15, -0.1) is 0 Å². The quantitative estimate of drug-likeness (QED) is 0.778. The number of pyridine rings is 1. The van der Waals surface area contributed by atoms with Crippen molar-refractivity contribution in [3.05, 3.63) is 76.7 Å². The zero-order valence-electron chi connectivity index (χ0n) is 11.5. The van der Waals surface area contributed by atoms with Gasteiger partial charge in [0, 0.05) is 16.6 Å². The number of benzene rings is 2. The van der Waals surface area contributed by atoms with Gasteiger partial charge in [0.15, 0.2) is 0 Å². The average Bonchev–Trinajstić information content (AvgIpc) is 2.51. The molecule has 1 N–H and O–H groups in total. The zero-order chi connectivity index (χ0) is 14.8. The number of halogens is 2. The summed E-state index contributed by atoms with van der Waals surface area (Å²) in [7, 11) is 1.83. The first kappa shape index (κ1) is 14.0. The van der Waals surface area contributed by atoms with Crippen LogP contribution in [-0.4, -0.2) is 12.0 Å². The molecule has 0 saturated heterocycles. The largest absolute Gasteiger partial charge is 0.309 e. The Kier molecular flexibility index (Phi) is 3.86. The normalized spacial score (nSPS) is 12.5. The van der Waals surface area contributed by atoms with E-state index in [4.69, 9.17) is 11.6 Å². The maximum absolute atomic E-state index is 13.5. The van der Waals surface area contributed by atoms with Crippen molar-refractivity contribution in [2.45, 2.75) is 6.04 Å². The minimum atomic E-state index is -0.294. The van der Waals surface area contributed by atoms with E-state index in [0.29, 0.717) is 5.02 Å². The molecule has 0 bridgehead atoms. The lowest BCUT2D eigenvalue weighted by molar-refractivity contribution is 0.617. The highest BCUT2D eigenvalue weighted by molar-refractivity contribution is 6.31. The Morgan fingerprint density at radius 2 is 2.00 bits per heavy atom. The SMILES string of the molecule is CNC(c1ccc2ncccc2c1)c1cc(F)ccc1Cl. The van der Waals surface area contributed by atoms with Crippen LogP contribution < -0.4 is 5.32 Å². The van der Waals surface area contributed by atoms with Gasteiger partial charge in [0.1, 0.15) is 5.82 Å². The van der Waals surface area contributed by atoms with Crippen molar-refractivity contribution in [2.24, 2.45) is 0 Å². The topological polar surface area (TPSA) is 24.9 Å². The predicted molar refractivity (Wildman–Crippen MR) is 84.1 cm³/mol. The van der Waals surface area contributed by atoms with Gasteiger partial charge in [0.2, 0.25) is 0 Å². The second-order valence-corrected chi connectivity index (χ2v) is 5.25. The van der Waals surface area contributed by atoms with Crippen LogP contribution in [0.5, 0.6) is 0 Å². The molecular formula is C17H14ClFN2. The Labute approximate surface area is 127 Å². The highest BCUT2D eigenvalue weighted by atomic mass is 35.5. The molecule has 0 radical (unpaired) electrons. The Hall–Kier alpha value is -1.97. The molecule has 0 aliphatic heterocycles. The fourth-order valence-electron chi connectivity index (χ4n) is 2.51. The van der Waals surface area contributed by atoms with Gasteiger partial charge in [-0.25, -0.2) is 4.39 Å². The van der Waals surface area contributed by atoms with E-state index in [-0.39, 0.29) is 11.9 Å². The van der Waals surface area contributed by atoms with E-state index in [1.54, 1.807) is 12.3 Å². The number of fused-ring (bicyclic) bond motifs is 1. The minimum Gasteiger partial charge on any atom is -0.309 e. The molecule has 4 heteroatoms. The second-order valence-electron chi connectivity index (χ2n) is 4.84. The Balaban J connectivity index is 2.11. The maximum Gasteiger partial charge on any atom is 0.123 e. The molecule has 1 heterocycles. The van der Waals surface area contributed by atoms with Crippen molar-refractivity contribution in [3.63, 3.8) is 0 Å². The zero-order valence-corrected chi connectivity index (χ0v) is 12.2. The van der Waals surface area contributed by atoms with Gasteiger partial charge in [0.05, 0.1) is 11.6 Å². The molecule has 0 amide bonds. The molecule has 2 aromatic carbocycles. The van der Waals surface area contributed by atoms with Crippen LogP contribution in [0.3, 0.4) is 0 Å². The van der Waals surface area contributed by atoms with E-state index in [9.17, 15) is 4.39 Å². The summed E-state index contributed by atoms with van der Waals surface area (Å²) in [6.07, 6.45) is 1.76. The molecule has 0 fully saturated rings. The van der Waals surface area contributed by atoms with Crippen LogP contribution in [0.25, 0.3) is 10.9 Å². The van der Waals surface area contributed by atoms with E-state index in [1.165, 1.54) is 12.1 Å². The number of aromatic nitrogens is 1. The highest BCUT2D eigenvalue weighted by Gasteiger charge is 2.16. The maximum atomic E-state index is 13.5. The lowest BCUT2D eigenvalue weighted by Crippen LogP contribution is -2.18. The van der Waals surface area contributed by atoms with Crippen LogP contribution in [0.1, 0.15) is 17.2 Å². The van der Waals surface area contributed by atoms with Crippen molar-refractivity contribution in [2.75, 3.05) is 7.05 Å². The van der Waals surface area contributed by atoms with Gasteiger partial charge in [-0.05, 0) is 54.6 Å². The lowest BCUT2D eigenvalue weighted by atomic mass is 9.97. The van der Waals surface area contributed by atoms with Gasteiger partial charge in [0.25, 0.3) is 0 Å². The Morgan fingerprint density at radius 3 is 2.81 bits per heavy atom. The first-order chi connectivity index (χ1) is 10.2. The van der Waals surface area contributed by atoms with Gasteiger partial charge in [-0.2, -0.15) is 0 Å². The number of nitrogens with zero attached hydrogens (tertiary/aromatic N) is 1. The number of hydrogen-bond donors (Lipinski definition) is 1. The summed E-state index contributed by atoms with van der Waals surface area (Å²) in [4.78, 5) is 4.31. The molecule has 3 rings (SSSR count). The Morgan fingerprint density at radius 1 is 1.14 bits per heavy atom. The lowest BCUT2D eigenvalue weighted by Gasteiger charge is -2.19. The van der Waals surface area contributed by atoms with Gasteiger partial charge in [-0.3, -0.25) is 4.98 Å². The van der Waals surface area contributed by atoms with Gasteiger partial charge in [-0.1, -0.05) is 23.7 Å². The third-order valence-corrected chi connectivity index (χ3v) is 3.86. The van der Waals surface area contributed by atoms with Crippen molar-refractivity contribution in [1.82, 2.24) is 10.3 Å². The predicted octanol–water partition coefficient (Wildman–Crippen LogP) is 4.34. The molecule has 106 valence electrons. The fraction of sp³-hybridized carbons (Fsp3) is 0.118.